The predicted octanol–water partition coefficient (Wildman–Crippen LogP) is 1.80. The second-order valence-electron chi connectivity index (χ2n) is 6.23. The number of carbonyl (C=O) groups excluding carboxylic acids is 1. The summed E-state index contributed by atoms with van der Waals surface area (Å²) in [6, 6.07) is 3.12. The number of benzene rings is 1. The van der Waals surface area contributed by atoms with Gasteiger partial charge in [-0.1, -0.05) is 0 Å². The van der Waals surface area contributed by atoms with Crippen molar-refractivity contribution in [1.82, 2.24) is 5.32 Å². The van der Waals surface area contributed by atoms with Crippen molar-refractivity contribution in [1.29, 1.82) is 0 Å². The fourth-order valence-electron chi connectivity index (χ4n) is 3.03. The molecule has 24 heavy (non-hydrogen) atoms. The molecule has 4 N–H and O–H groups in total. The number of anilines is 1. The van der Waals surface area contributed by atoms with E-state index in [2.05, 4.69) is 5.32 Å². The van der Waals surface area contributed by atoms with Gasteiger partial charge in [-0.05, 0) is 37.7 Å². The quantitative estimate of drug-likeness (QED) is 0.742. The minimum atomic E-state index is -0.635. The number of amides is 1. The highest BCUT2D eigenvalue weighted by Gasteiger charge is 2.21. The molecule has 7 heteroatoms. The third-order valence-corrected chi connectivity index (χ3v) is 4.41. The zero-order chi connectivity index (χ0) is 17.3. The van der Waals surface area contributed by atoms with E-state index >= 15 is 0 Å². The van der Waals surface area contributed by atoms with Crippen molar-refractivity contribution in [2.45, 2.75) is 31.8 Å². The first-order chi connectivity index (χ1) is 11.4. The molecular formula is C17H19FN2O4. The molecule has 1 aromatic carbocycles. The molecule has 1 aliphatic rings. The van der Waals surface area contributed by atoms with Crippen LogP contribution in [0.1, 0.15) is 36.2 Å². The molecule has 0 bridgehead atoms. The Morgan fingerprint density at radius 3 is 2.71 bits per heavy atom. The molecule has 0 saturated heterocycles. The summed E-state index contributed by atoms with van der Waals surface area (Å²) in [6.07, 6.45) is 2.89. The normalized spacial score (nSPS) is 20.9. The zero-order valence-corrected chi connectivity index (χ0v) is 13.0. The number of rotatable bonds is 3. The van der Waals surface area contributed by atoms with Crippen LogP contribution in [0.5, 0.6) is 0 Å². The SMILES string of the molecule is Nc1cc(F)cc2c(=O)cc(C(=O)NC[C@H]3CC[C@H](O)CC3)oc12. The lowest BCUT2D eigenvalue weighted by Gasteiger charge is -2.25. The van der Waals surface area contributed by atoms with E-state index in [0.717, 1.165) is 43.9 Å². The molecule has 0 aliphatic heterocycles. The average Bonchev–Trinajstić information content (AvgIpc) is 2.55. The summed E-state index contributed by atoms with van der Waals surface area (Å²) < 4.78 is 18.7. The van der Waals surface area contributed by atoms with Crippen molar-refractivity contribution in [3.05, 3.63) is 40.0 Å². The maximum atomic E-state index is 13.3. The summed E-state index contributed by atoms with van der Waals surface area (Å²) in [7, 11) is 0. The van der Waals surface area contributed by atoms with Crippen LogP contribution in [-0.2, 0) is 0 Å². The Hall–Kier alpha value is -2.41. The van der Waals surface area contributed by atoms with Gasteiger partial charge in [0.2, 0.25) is 0 Å². The second-order valence-corrected chi connectivity index (χ2v) is 6.23. The summed E-state index contributed by atoms with van der Waals surface area (Å²) in [5.74, 6) is -1.00. The van der Waals surface area contributed by atoms with E-state index in [0.29, 0.717) is 12.5 Å². The summed E-state index contributed by atoms with van der Waals surface area (Å²) >= 11 is 0. The third-order valence-electron chi connectivity index (χ3n) is 4.41. The maximum absolute atomic E-state index is 13.3. The van der Waals surface area contributed by atoms with Gasteiger partial charge in [-0.2, -0.15) is 0 Å². The van der Waals surface area contributed by atoms with Crippen molar-refractivity contribution in [3.8, 4) is 0 Å². The Labute approximate surface area is 137 Å². The second kappa shape index (κ2) is 6.60. The Bertz CT molecular complexity index is 825. The number of carbonyl (C=O) groups is 1. The number of nitrogens with one attached hydrogen (secondary N) is 1. The van der Waals surface area contributed by atoms with Crippen molar-refractivity contribution in [3.63, 3.8) is 0 Å². The van der Waals surface area contributed by atoms with Gasteiger partial charge in [0.15, 0.2) is 16.8 Å². The lowest BCUT2D eigenvalue weighted by atomic mass is 9.87. The lowest BCUT2D eigenvalue weighted by Crippen LogP contribution is -2.32. The van der Waals surface area contributed by atoms with Gasteiger partial charge in [0.05, 0.1) is 17.2 Å². The number of nitrogen functional groups attached to an aromatic ring is 1. The molecular weight excluding hydrogens is 315 g/mol. The van der Waals surface area contributed by atoms with E-state index in [9.17, 15) is 19.1 Å². The van der Waals surface area contributed by atoms with E-state index < -0.39 is 17.2 Å². The van der Waals surface area contributed by atoms with Crippen molar-refractivity contribution >= 4 is 22.6 Å². The van der Waals surface area contributed by atoms with Crippen LogP contribution in [0.4, 0.5) is 10.1 Å². The van der Waals surface area contributed by atoms with E-state index in [1.807, 2.05) is 0 Å². The fourth-order valence-corrected chi connectivity index (χ4v) is 3.03. The van der Waals surface area contributed by atoms with Gasteiger partial charge < -0.3 is 20.6 Å². The van der Waals surface area contributed by atoms with Crippen LogP contribution in [-0.4, -0.2) is 23.7 Å². The van der Waals surface area contributed by atoms with Crippen LogP contribution in [0.2, 0.25) is 0 Å². The topological polar surface area (TPSA) is 106 Å². The summed E-state index contributed by atoms with van der Waals surface area (Å²) in [6.45, 7) is 0.451. The zero-order valence-electron chi connectivity index (χ0n) is 13.0. The molecule has 1 aromatic heterocycles. The Kier molecular flexibility index (Phi) is 4.53. The van der Waals surface area contributed by atoms with Crippen LogP contribution in [0.15, 0.2) is 27.4 Å². The smallest absolute Gasteiger partial charge is 0.287 e. The van der Waals surface area contributed by atoms with Gasteiger partial charge in [-0.3, -0.25) is 9.59 Å². The molecule has 3 rings (SSSR count). The third kappa shape index (κ3) is 3.41. The highest BCUT2D eigenvalue weighted by atomic mass is 19.1. The molecule has 1 aliphatic carbocycles. The Morgan fingerprint density at radius 1 is 1.29 bits per heavy atom. The maximum Gasteiger partial charge on any atom is 0.287 e. The number of halogens is 1. The van der Waals surface area contributed by atoms with Crippen LogP contribution in [0.25, 0.3) is 11.0 Å². The number of fused-ring (bicyclic) bond motifs is 1. The first-order valence-electron chi connectivity index (χ1n) is 7.93. The number of aliphatic hydroxyl groups excluding tert-OH is 1. The number of hydrogen-bond acceptors (Lipinski definition) is 5. The Morgan fingerprint density at radius 2 is 2.00 bits per heavy atom. The molecule has 0 spiro atoms. The van der Waals surface area contributed by atoms with Gasteiger partial charge in [-0.25, -0.2) is 4.39 Å². The van der Waals surface area contributed by atoms with Crippen LogP contribution in [0.3, 0.4) is 0 Å². The van der Waals surface area contributed by atoms with Crippen molar-refractivity contribution in [2.24, 2.45) is 5.92 Å². The average molecular weight is 334 g/mol. The molecule has 1 amide bonds. The van der Waals surface area contributed by atoms with Gasteiger partial charge in [0, 0.05) is 18.7 Å². The van der Waals surface area contributed by atoms with Gasteiger partial charge >= 0.3 is 0 Å². The number of hydrogen-bond donors (Lipinski definition) is 3. The van der Waals surface area contributed by atoms with Crippen LogP contribution in [0, 0.1) is 11.7 Å². The molecule has 6 nitrogen and oxygen atoms in total. The molecule has 0 atom stereocenters. The van der Waals surface area contributed by atoms with Gasteiger partial charge in [-0.15, -0.1) is 0 Å². The predicted molar refractivity (Wildman–Crippen MR) is 87.2 cm³/mol. The van der Waals surface area contributed by atoms with E-state index in [4.69, 9.17) is 10.2 Å². The minimum absolute atomic E-state index is 0.00492. The summed E-state index contributed by atoms with van der Waals surface area (Å²) in [5, 5.41) is 12.2. The van der Waals surface area contributed by atoms with Crippen LogP contribution >= 0.6 is 0 Å². The van der Waals surface area contributed by atoms with Crippen molar-refractivity contribution < 1.29 is 18.7 Å². The molecule has 2 aromatic rings. The summed E-state index contributed by atoms with van der Waals surface area (Å²) in [5.41, 5.74) is 5.13. The standard InChI is InChI=1S/C17H19FN2O4/c18-10-5-12-14(22)7-15(24-16(12)13(19)6-10)17(23)20-8-9-1-3-11(21)4-2-9/h5-7,9,11,21H,1-4,8,19H2,(H,20,23)/t9-,11-. The number of nitrogens with two attached hydrogens (primary N) is 1. The molecule has 0 unspecified atom stereocenters. The molecule has 1 fully saturated rings. The Balaban J connectivity index is 1.76. The molecule has 128 valence electrons. The lowest BCUT2D eigenvalue weighted by molar-refractivity contribution is 0.0886. The fraction of sp³-hybridized carbons (Fsp3) is 0.412. The summed E-state index contributed by atoms with van der Waals surface area (Å²) in [4.78, 5) is 24.3. The molecule has 0 radical (unpaired) electrons. The van der Waals surface area contributed by atoms with E-state index in [1.165, 1.54) is 0 Å². The van der Waals surface area contributed by atoms with Crippen LogP contribution < -0.4 is 16.5 Å². The van der Waals surface area contributed by atoms with Gasteiger partial charge in [0.1, 0.15) is 5.82 Å². The first kappa shape index (κ1) is 16.4. The molecule has 1 heterocycles. The van der Waals surface area contributed by atoms with Crippen molar-refractivity contribution in [2.75, 3.05) is 12.3 Å². The van der Waals surface area contributed by atoms with Gasteiger partial charge in [0.25, 0.3) is 5.91 Å². The minimum Gasteiger partial charge on any atom is -0.448 e. The first-order valence-corrected chi connectivity index (χ1v) is 7.93. The highest BCUT2D eigenvalue weighted by Crippen LogP contribution is 2.24. The number of aliphatic hydroxyl groups is 1. The largest absolute Gasteiger partial charge is 0.448 e. The van der Waals surface area contributed by atoms with E-state index in [-0.39, 0.29) is 28.5 Å². The molecule has 1 saturated carbocycles. The highest BCUT2D eigenvalue weighted by molar-refractivity contribution is 5.95. The monoisotopic (exact) mass is 334 g/mol. The van der Waals surface area contributed by atoms with E-state index in [1.54, 1.807) is 0 Å².